The number of hydrogen-bond donors (Lipinski definition) is 1. The molecular weight excluding hydrogens is 364 g/mol. The highest BCUT2D eigenvalue weighted by atomic mass is 16.1. The number of H-pyrrole nitrogens is 1. The molecule has 0 spiro atoms. The Morgan fingerprint density at radius 3 is 2.48 bits per heavy atom. The Labute approximate surface area is 167 Å². The topological polar surface area (TPSA) is 71.9 Å². The predicted molar refractivity (Wildman–Crippen MR) is 114 cm³/mol. The normalized spacial score (nSPS) is 11.0. The molecule has 0 atom stereocenters. The van der Waals surface area contributed by atoms with E-state index in [-0.39, 0.29) is 22.3 Å². The molecular formula is C24H20N2O3. The number of aromatic amines is 1. The number of hydrogen-bond acceptors (Lipinski definition) is 3. The quantitative estimate of drug-likeness (QED) is 0.547. The molecule has 2 aromatic heterocycles. The molecule has 29 heavy (non-hydrogen) atoms. The van der Waals surface area contributed by atoms with Gasteiger partial charge in [-0.15, -0.1) is 0 Å². The van der Waals surface area contributed by atoms with Gasteiger partial charge >= 0.3 is 0 Å². The number of nitrogens with zero attached hydrogens (tertiary/aromatic N) is 1. The van der Waals surface area contributed by atoms with Gasteiger partial charge in [0.2, 0.25) is 11.0 Å². The smallest absolute Gasteiger partial charge is 0.248 e. The largest absolute Gasteiger partial charge is 0.341 e. The minimum absolute atomic E-state index is 0.116. The third-order valence-corrected chi connectivity index (χ3v) is 5.17. The fraction of sp³-hybridized carbons (Fsp3) is 0.125. The minimum Gasteiger partial charge on any atom is -0.341 e. The number of pyridine rings is 2. The third kappa shape index (κ3) is 3.55. The first kappa shape index (κ1) is 18.6. The number of benzene rings is 2. The molecule has 1 N–H and O–H groups in total. The number of carbonyl (C=O) groups is 1. The molecule has 2 heterocycles. The van der Waals surface area contributed by atoms with Crippen molar-refractivity contribution in [2.45, 2.75) is 20.4 Å². The van der Waals surface area contributed by atoms with Crippen LogP contribution in [0.4, 0.5) is 0 Å². The molecule has 0 saturated heterocycles. The van der Waals surface area contributed by atoms with Crippen molar-refractivity contribution < 1.29 is 4.79 Å². The monoisotopic (exact) mass is 384 g/mol. The van der Waals surface area contributed by atoms with E-state index in [1.54, 1.807) is 36.5 Å². The Morgan fingerprint density at radius 2 is 1.72 bits per heavy atom. The maximum Gasteiger partial charge on any atom is 0.248 e. The number of nitrogens with one attached hydrogen (secondary N) is 1. The van der Waals surface area contributed by atoms with Crippen LogP contribution in [0.1, 0.15) is 32.7 Å². The number of ketones is 1. The van der Waals surface area contributed by atoms with Gasteiger partial charge in [0.1, 0.15) is 0 Å². The molecule has 5 nitrogen and oxygen atoms in total. The lowest BCUT2D eigenvalue weighted by atomic mass is 9.99. The van der Waals surface area contributed by atoms with Crippen LogP contribution in [-0.4, -0.2) is 15.3 Å². The molecule has 2 aromatic carbocycles. The van der Waals surface area contributed by atoms with Crippen molar-refractivity contribution in [3.05, 3.63) is 115 Å². The third-order valence-electron chi connectivity index (χ3n) is 5.17. The lowest BCUT2D eigenvalue weighted by Crippen LogP contribution is -2.21. The van der Waals surface area contributed by atoms with Crippen molar-refractivity contribution in [2.24, 2.45) is 0 Å². The summed E-state index contributed by atoms with van der Waals surface area (Å²) in [6.45, 7) is 4.26. The predicted octanol–water partition coefficient (Wildman–Crippen LogP) is 3.59. The van der Waals surface area contributed by atoms with Crippen LogP contribution in [0.3, 0.4) is 0 Å². The zero-order valence-electron chi connectivity index (χ0n) is 16.2. The second kappa shape index (κ2) is 7.36. The van der Waals surface area contributed by atoms with Gasteiger partial charge in [0, 0.05) is 28.9 Å². The number of rotatable bonds is 4. The number of fused-ring (bicyclic) bond motifs is 1. The highest BCUT2D eigenvalue weighted by Crippen LogP contribution is 2.17. The summed E-state index contributed by atoms with van der Waals surface area (Å²) in [6, 6.07) is 17.6. The van der Waals surface area contributed by atoms with Gasteiger partial charge in [-0.1, -0.05) is 30.3 Å². The first-order valence-corrected chi connectivity index (χ1v) is 9.36. The highest BCUT2D eigenvalue weighted by Gasteiger charge is 2.17. The molecule has 4 rings (SSSR count). The summed E-state index contributed by atoms with van der Waals surface area (Å²) in [6.07, 6.45) is 1.59. The van der Waals surface area contributed by atoms with Crippen molar-refractivity contribution in [3.63, 3.8) is 0 Å². The Kier molecular flexibility index (Phi) is 4.72. The molecule has 0 aliphatic heterocycles. The van der Waals surface area contributed by atoms with Gasteiger partial charge in [0.15, 0.2) is 5.78 Å². The van der Waals surface area contributed by atoms with Gasteiger partial charge in [-0.05, 0) is 49.2 Å². The summed E-state index contributed by atoms with van der Waals surface area (Å²) in [7, 11) is 0. The number of aryl methyl sites for hydroxylation is 2. The van der Waals surface area contributed by atoms with Crippen LogP contribution >= 0.6 is 0 Å². The van der Waals surface area contributed by atoms with Crippen molar-refractivity contribution in [2.75, 3.05) is 0 Å². The summed E-state index contributed by atoms with van der Waals surface area (Å²) < 4.78 is 1.83. The van der Waals surface area contributed by atoms with Crippen LogP contribution in [0.5, 0.6) is 0 Å². The van der Waals surface area contributed by atoms with Crippen LogP contribution < -0.4 is 11.0 Å². The SMILES string of the molecule is Cc1ccc(C(=O)c2cn(Cc3cccc(=O)[nH]3)c3ccccc3c2=O)cc1C. The average Bonchev–Trinajstić information content (AvgIpc) is 2.72. The molecule has 0 radical (unpaired) electrons. The van der Waals surface area contributed by atoms with E-state index in [0.29, 0.717) is 28.7 Å². The van der Waals surface area contributed by atoms with Crippen LogP contribution in [-0.2, 0) is 6.54 Å². The van der Waals surface area contributed by atoms with E-state index in [2.05, 4.69) is 4.98 Å². The van der Waals surface area contributed by atoms with Crippen molar-refractivity contribution in [1.29, 1.82) is 0 Å². The summed E-state index contributed by atoms with van der Waals surface area (Å²) in [5, 5.41) is 0.473. The molecule has 0 fully saturated rings. The maximum atomic E-state index is 13.2. The summed E-state index contributed by atoms with van der Waals surface area (Å²) in [5.74, 6) is -0.306. The fourth-order valence-corrected chi connectivity index (χ4v) is 3.44. The Hall–Kier alpha value is -3.73. The maximum absolute atomic E-state index is 13.2. The van der Waals surface area contributed by atoms with Crippen LogP contribution in [0.2, 0.25) is 0 Å². The van der Waals surface area contributed by atoms with Gasteiger partial charge in [-0.25, -0.2) is 0 Å². The van der Waals surface area contributed by atoms with E-state index in [0.717, 1.165) is 11.1 Å². The van der Waals surface area contributed by atoms with Crippen LogP contribution in [0.15, 0.2) is 76.4 Å². The van der Waals surface area contributed by atoms with Gasteiger partial charge in [0.25, 0.3) is 0 Å². The van der Waals surface area contributed by atoms with Crippen molar-refractivity contribution >= 4 is 16.7 Å². The van der Waals surface area contributed by atoms with E-state index in [1.807, 2.05) is 42.7 Å². The van der Waals surface area contributed by atoms with Crippen LogP contribution in [0, 0.1) is 13.8 Å². The van der Waals surface area contributed by atoms with E-state index in [9.17, 15) is 14.4 Å². The molecule has 0 amide bonds. The zero-order valence-corrected chi connectivity index (χ0v) is 16.2. The first-order valence-electron chi connectivity index (χ1n) is 9.36. The summed E-state index contributed by atoms with van der Waals surface area (Å²) in [5.41, 5.74) is 3.60. The number of aromatic nitrogens is 2. The van der Waals surface area contributed by atoms with Gasteiger partial charge in [0.05, 0.1) is 17.6 Å². The lowest BCUT2D eigenvalue weighted by Gasteiger charge is -2.13. The second-order valence-electron chi connectivity index (χ2n) is 7.19. The zero-order chi connectivity index (χ0) is 20.5. The molecule has 144 valence electrons. The number of carbonyl (C=O) groups excluding carboxylic acids is 1. The second-order valence-corrected chi connectivity index (χ2v) is 7.19. The van der Waals surface area contributed by atoms with Crippen LogP contribution in [0.25, 0.3) is 10.9 Å². The van der Waals surface area contributed by atoms with Crippen molar-refractivity contribution in [1.82, 2.24) is 9.55 Å². The van der Waals surface area contributed by atoms with Gasteiger partial charge in [-0.3, -0.25) is 14.4 Å². The standard InChI is InChI=1S/C24H20N2O3/c1-15-10-11-17(12-16(15)2)23(28)20-14-26(13-18-6-5-9-22(27)25-18)21-8-4-3-7-19(21)24(20)29/h3-12,14H,13H2,1-2H3,(H,25,27). The average molecular weight is 384 g/mol. The lowest BCUT2D eigenvalue weighted by molar-refractivity contribution is 0.103. The molecule has 4 aromatic rings. The summed E-state index contributed by atoms with van der Waals surface area (Å²) >= 11 is 0. The first-order chi connectivity index (χ1) is 13.9. The molecule has 0 bridgehead atoms. The van der Waals surface area contributed by atoms with Gasteiger partial charge in [-0.2, -0.15) is 0 Å². The summed E-state index contributed by atoms with van der Waals surface area (Å²) in [4.78, 5) is 40.7. The number of para-hydroxylation sites is 1. The van der Waals surface area contributed by atoms with E-state index >= 15 is 0 Å². The Bertz CT molecular complexity index is 1360. The van der Waals surface area contributed by atoms with E-state index in [1.165, 1.54) is 6.07 Å². The minimum atomic E-state index is -0.306. The van der Waals surface area contributed by atoms with Gasteiger partial charge < -0.3 is 9.55 Å². The fourth-order valence-electron chi connectivity index (χ4n) is 3.44. The molecule has 0 saturated carbocycles. The van der Waals surface area contributed by atoms with E-state index in [4.69, 9.17) is 0 Å². The molecule has 5 heteroatoms. The molecule has 0 aliphatic carbocycles. The Morgan fingerprint density at radius 1 is 0.931 bits per heavy atom. The Balaban J connectivity index is 1.89. The highest BCUT2D eigenvalue weighted by molar-refractivity contribution is 6.10. The molecule has 0 unspecified atom stereocenters. The van der Waals surface area contributed by atoms with Crippen molar-refractivity contribution in [3.8, 4) is 0 Å². The van der Waals surface area contributed by atoms with E-state index < -0.39 is 0 Å². The molecule has 0 aliphatic rings.